The molecular formula is C20H14F3N3O3. The maximum Gasteiger partial charge on any atom is 0.417 e. The summed E-state index contributed by atoms with van der Waals surface area (Å²) < 4.78 is 39.9. The van der Waals surface area contributed by atoms with Crippen molar-refractivity contribution < 1.29 is 27.6 Å². The second kappa shape index (κ2) is 6.74. The lowest BCUT2D eigenvalue weighted by Gasteiger charge is -2.29. The first-order chi connectivity index (χ1) is 13.5. The smallest absolute Gasteiger partial charge is 0.275 e. The zero-order valence-corrected chi connectivity index (χ0v) is 15.3. The second-order valence-electron chi connectivity index (χ2n) is 6.56. The Morgan fingerprint density at radius 1 is 1.10 bits per heavy atom. The Labute approximate surface area is 163 Å². The number of rotatable bonds is 2. The van der Waals surface area contributed by atoms with Crippen LogP contribution in [0.25, 0.3) is 0 Å². The van der Waals surface area contributed by atoms with Crippen LogP contribution in [0.5, 0.6) is 0 Å². The van der Waals surface area contributed by atoms with Crippen LogP contribution in [-0.4, -0.2) is 22.7 Å². The molecule has 148 valence electrons. The van der Waals surface area contributed by atoms with Gasteiger partial charge in [0.2, 0.25) is 5.91 Å². The molecule has 0 aliphatic carbocycles. The monoisotopic (exact) mass is 401 g/mol. The lowest BCUT2D eigenvalue weighted by atomic mass is 9.90. The fraction of sp³-hybridized carbons (Fsp3) is 0.200. The normalized spacial score (nSPS) is 19.4. The number of halogens is 3. The molecule has 29 heavy (non-hydrogen) atoms. The second-order valence-corrected chi connectivity index (χ2v) is 6.56. The number of urea groups is 1. The van der Waals surface area contributed by atoms with Crippen LogP contribution >= 0.6 is 0 Å². The van der Waals surface area contributed by atoms with E-state index in [1.54, 1.807) is 30.3 Å². The van der Waals surface area contributed by atoms with Gasteiger partial charge < -0.3 is 0 Å². The summed E-state index contributed by atoms with van der Waals surface area (Å²) in [6, 6.07) is 10.9. The van der Waals surface area contributed by atoms with Crippen molar-refractivity contribution in [3.8, 4) is 6.07 Å². The van der Waals surface area contributed by atoms with Crippen molar-refractivity contribution in [1.29, 1.82) is 5.26 Å². The number of nitrogens with zero attached hydrogens (tertiary/aromatic N) is 3. The number of benzene rings is 2. The van der Waals surface area contributed by atoms with Crippen LogP contribution in [0.3, 0.4) is 0 Å². The summed E-state index contributed by atoms with van der Waals surface area (Å²) >= 11 is 0. The molecule has 1 saturated heterocycles. The van der Waals surface area contributed by atoms with Gasteiger partial charge in [0.05, 0.1) is 22.9 Å². The first-order valence-electron chi connectivity index (χ1n) is 8.39. The third kappa shape index (κ3) is 3.02. The summed E-state index contributed by atoms with van der Waals surface area (Å²) in [6.45, 7) is 2.45. The van der Waals surface area contributed by atoms with E-state index in [0.29, 0.717) is 16.5 Å². The number of imide groups is 2. The van der Waals surface area contributed by atoms with Crippen molar-refractivity contribution in [1.82, 2.24) is 4.90 Å². The Morgan fingerprint density at radius 3 is 2.24 bits per heavy atom. The fourth-order valence-electron chi connectivity index (χ4n) is 3.39. The highest BCUT2D eigenvalue weighted by atomic mass is 19.4. The van der Waals surface area contributed by atoms with Crippen molar-refractivity contribution in [2.45, 2.75) is 25.6 Å². The first-order valence-corrected chi connectivity index (χ1v) is 8.39. The fourth-order valence-corrected chi connectivity index (χ4v) is 3.39. The third-order valence-electron chi connectivity index (χ3n) is 4.79. The predicted octanol–water partition coefficient (Wildman–Crippen LogP) is 3.81. The van der Waals surface area contributed by atoms with Crippen LogP contribution in [-0.2, 0) is 21.3 Å². The molecule has 6 nitrogen and oxygen atoms in total. The molecule has 2 aromatic rings. The van der Waals surface area contributed by atoms with Gasteiger partial charge in [-0.15, -0.1) is 0 Å². The van der Waals surface area contributed by atoms with Gasteiger partial charge in [-0.3, -0.25) is 9.59 Å². The average Bonchev–Trinajstić information content (AvgIpc) is 2.88. The molecule has 1 heterocycles. The van der Waals surface area contributed by atoms with Crippen LogP contribution in [0.15, 0.2) is 48.5 Å². The average molecular weight is 401 g/mol. The summed E-state index contributed by atoms with van der Waals surface area (Å²) in [5.41, 5.74) is -3.69. The van der Waals surface area contributed by atoms with E-state index in [-0.39, 0.29) is 5.69 Å². The van der Waals surface area contributed by atoms with Gasteiger partial charge in [0.1, 0.15) is 0 Å². The lowest BCUT2D eigenvalue weighted by Crippen LogP contribution is -2.46. The van der Waals surface area contributed by atoms with E-state index < -0.39 is 40.7 Å². The summed E-state index contributed by atoms with van der Waals surface area (Å²) in [6.07, 6.45) is -4.87. The van der Waals surface area contributed by atoms with Crippen molar-refractivity contribution in [3.63, 3.8) is 0 Å². The predicted molar refractivity (Wildman–Crippen MR) is 95.4 cm³/mol. The Morgan fingerprint density at radius 2 is 1.72 bits per heavy atom. The number of hydrogen-bond acceptors (Lipinski definition) is 4. The largest absolute Gasteiger partial charge is 0.417 e. The Hall–Kier alpha value is -3.67. The number of hydrogen-bond donors (Lipinski definition) is 0. The molecule has 1 aliphatic rings. The minimum Gasteiger partial charge on any atom is -0.275 e. The van der Waals surface area contributed by atoms with Gasteiger partial charge in [0.15, 0.2) is 5.54 Å². The van der Waals surface area contributed by atoms with E-state index in [4.69, 9.17) is 5.26 Å². The highest BCUT2D eigenvalue weighted by Crippen LogP contribution is 2.41. The van der Waals surface area contributed by atoms with Gasteiger partial charge in [0, 0.05) is 6.92 Å². The summed E-state index contributed by atoms with van der Waals surface area (Å²) in [5, 5.41) is 8.94. The van der Waals surface area contributed by atoms with E-state index in [1.165, 1.54) is 13.0 Å². The molecule has 4 amide bonds. The summed E-state index contributed by atoms with van der Waals surface area (Å²) in [7, 11) is 0. The Balaban J connectivity index is 2.20. The number of alkyl halides is 3. The Kier molecular flexibility index (Phi) is 4.66. The first kappa shape index (κ1) is 20.1. The van der Waals surface area contributed by atoms with E-state index in [9.17, 15) is 27.6 Å². The van der Waals surface area contributed by atoms with Crippen molar-refractivity contribution >= 4 is 23.5 Å². The van der Waals surface area contributed by atoms with E-state index in [2.05, 4.69) is 0 Å². The molecule has 9 heteroatoms. The van der Waals surface area contributed by atoms with Crippen LogP contribution in [0, 0.1) is 11.3 Å². The number of nitriles is 1. The molecule has 0 saturated carbocycles. The standard InChI is InChI=1S/C20H14F3N3O3/c1-12(27)26-18(29)25(17(28)19(26,2)14-6-4-3-5-7-14)15-9-8-13(11-24)16(10-15)20(21,22)23/h3-10H,1-2H3. The number of amides is 4. The van der Waals surface area contributed by atoms with Crippen molar-refractivity contribution in [3.05, 3.63) is 65.2 Å². The minimum absolute atomic E-state index is 0.334. The number of carbonyl (C=O) groups is 3. The van der Waals surface area contributed by atoms with E-state index in [1.807, 2.05) is 0 Å². The molecule has 0 aromatic heterocycles. The molecule has 3 rings (SSSR count). The van der Waals surface area contributed by atoms with Crippen molar-refractivity contribution in [2.75, 3.05) is 4.90 Å². The Bertz CT molecular complexity index is 1060. The van der Waals surface area contributed by atoms with Gasteiger partial charge >= 0.3 is 12.2 Å². The SMILES string of the molecule is CC(=O)N1C(=O)N(c2ccc(C#N)c(C(F)(F)F)c2)C(=O)C1(C)c1ccccc1. The highest BCUT2D eigenvalue weighted by molar-refractivity contribution is 6.27. The highest BCUT2D eigenvalue weighted by Gasteiger charge is 2.58. The molecule has 0 bridgehead atoms. The van der Waals surface area contributed by atoms with Gasteiger partial charge in [-0.1, -0.05) is 30.3 Å². The number of anilines is 1. The van der Waals surface area contributed by atoms with Crippen LogP contribution in [0.2, 0.25) is 0 Å². The van der Waals surface area contributed by atoms with Crippen LogP contribution in [0.1, 0.15) is 30.5 Å². The molecule has 1 atom stereocenters. The zero-order valence-electron chi connectivity index (χ0n) is 15.3. The molecule has 1 fully saturated rings. The molecule has 0 radical (unpaired) electrons. The van der Waals surface area contributed by atoms with Gasteiger partial charge in [-0.05, 0) is 30.7 Å². The van der Waals surface area contributed by atoms with Crippen LogP contribution in [0.4, 0.5) is 23.7 Å². The number of carbonyl (C=O) groups excluding carboxylic acids is 3. The molecule has 2 aromatic carbocycles. The van der Waals surface area contributed by atoms with E-state index >= 15 is 0 Å². The lowest BCUT2D eigenvalue weighted by molar-refractivity contribution is -0.137. The quantitative estimate of drug-likeness (QED) is 0.717. The van der Waals surface area contributed by atoms with Gasteiger partial charge in [-0.2, -0.15) is 18.4 Å². The molecular weight excluding hydrogens is 387 g/mol. The maximum atomic E-state index is 13.3. The van der Waals surface area contributed by atoms with Crippen molar-refractivity contribution in [2.24, 2.45) is 0 Å². The topological polar surface area (TPSA) is 81.5 Å². The van der Waals surface area contributed by atoms with E-state index in [0.717, 1.165) is 24.0 Å². The zero-order chi connectivity index (χ0) is 21.6. The molecule has 0 N–H and O–H groups in total. The molecule has 1 unspecified atom stereocenters. The van der Waals surface area contributed by atoms with Gasteiger partial charge in [-0.25, -0.2) is 14.6 Å². The van der Waals surface area contributed by atoms with Gasteiger partial charge in [0.25, 0.3) is 5.91 Å². The van der Waals surface area contributed by atoms with Crippen LogP contribution < -0.4 is 4.90 Å². The summed E-state index contributed by atoms with van der Waals surface area (Å²) in [5.74, 6) is -1.61. The third-order valence-corrected chi connectivity index (χ3v) is 4.79. The molecule has 1 aliphatic heterocycles. The molecule has 0 spiro atoms. The maximum absolute atomic E-state index is 13.3. The minimum atomic E-state index is -4.87. The summed E-state index contributed by atoms with van der Waals surface area (Å²) in [4.78, 5) is 39.6.